The van der Waals surface area contributed by atoms with Crippen LogP contribution in [0.4, 0.5) is 0 Å². The molecule has 1 saturated heterocycles. The number of rotatable bonds is 21. The smallest absolute Gasteiger partial charge is 0.317 e. The second kappa shape index (κ2) is 21.6. The second-order valence-electron chi connectivity index (χ2n) is 10.0. The predicted molar refractivity (Wildman–Crippen MR) is 154 cm³/mol. The molecular formula is C28H44N6O8. The Kier molecular flexibility index (Phi) is 18.0. The Hall–Kier alpha value is -3.10. The van der Waals surface area contributed by atoms with Gasteiger partial charge in [0.05, 0.1) is 46.1 Å². The molecule has 0 aromatic heterocycles. The summed E-state index contributed by atoms with van der Waals surface area (Å²) in [7, 11) is 0. The van der Waals surface area contributed by atoms with Crippen molar-refractivity contribution < 1.29 is 38.8 Å². The predicted octanol–water partition coefficient (Wildman–Crippen LogP) is 1.53. The lowest BCUT2D eigenvalue weighted by Gasteiger charge is -2.25. The number of ketones is 1. The van der Waals surface area contributed by atoms with E-state index in [4.69, 9.17) is 19.7 Å². The number of Topliss-reactive ketones (excluding diaryl/α,β-unsaturated/α-hetero) is 1. The summed E-state index contributed by atoms with van der Waals surface area (Å²) in [6, 6.07) is 7.94. The standard InChI is InChI=1S/C28H44N6O8/c29-31-30-7-15-41-17-19-42-18-16-40-14-1-2-26(35)20-24-3-5-25(6-4-24)21-32-8-10-33(22-27(36)37)12-13-34(11-9-32)23-28(38)39/h3-6H,1-2,7-23H2,(H,36,37)(H,38,39). The minimum absolute atomic E-state index is 0.0724. The maximum absolute atomic E-state index is 12.4. The van der Waals surface area contributed by atoms with Crippen LogP contribution in [-0.2, 0) is 41.6 Å². The highest BCUT2D eigenvalue weighted by molar-refractivity contribution is 5.80. The molecule has 0 radical (unpaired) electrons. The van der Waals surface area contributed by atoms with Crippen molar-refractivity contribution in [1.82, 2.24) is 14.7 Å². The molecule has 234 valence electrons. The van der Waals surface area contributed by atoms with Gasteiger partial charge in [-0.05, 0) is 23.1 Å². The zero-order valence-electron chi connectivity index (χ0n) is 24.3. The molecule has 0 unspecified atom stereocenters. The molecule has 14 nitrogen and oxygen atoms in total. The third-order valence-electron chi connectivity index (χ3n) is 6.63. The monoisotopic (exact) mass is 592 g/mol. The van der Waals surface area contributed by atoms with Crippen LogP contribution in [-0.4, -0.2) is 141 Å². The number of carboxylic acid groups (broad SMARTS) is 2. The van der Waals surface area contributed by atoms with Crippen molar-refractivity contribution in [3.05, 3.63) is 45.8 Å². The zero-order chi connectivity index (χ0) is 30.4. The number of carbonyl (C=O) groups is 3. The molecule has 0 amide bonds. The Bertz CT molecular complexity index is 961. The average molecular weight is 593 g/mol. The molecule has 1 aliphatic rings. The van der Waals surface area contributed by atoms with Gasteiger partial charge in [-0.15, -0.1) is 0 Å². The summed E-state index contributed by atoms with van der Waals surface area (Å²) in [6.07, 6.45) is 1.45. The van der Waals surface area contributed by atoms with Crippen molar-refractivity contribution >= 4 is 17.7 Å². The van der Waals surface area contributed by atoms with Gasteiger partial charge in [0.2, 0.25) is 0 Å². The number of ether oxygens (including phenoxy) is 3. The number of carbonyl (C=O) groups excluding carboxylic acids is 1. The Morgan fingerprint density at radius 3 is 1.74 bits per heavy atom. The van der Waals surface area contributed by atoms with E-state index in [2.05, 4.69) is 14.9 Å². The van der Waals surface area contributed by atoms with Gasteiger partial charge in [-0.1, -0.05) is 29.4 Å². The number of carboxylic acids is 2. The molecule has 0 atom stereocenters. The molecule has 1 aliphatic heterocycles. The van der Waals surface area contributed by atoms with Crippen molar-refractivity contribution in [2.45, 2.75) is 25.8 Å². The molecule has 14 heteroatoms. The molecule has 1 fully saturated rings. The van der Waals surface area contributed by atoms with Crippen LogP contribution >= 0.6 is 0 Å². The molecule has 2 N–H and O–H groups in total. The molecular weight excluding hydrogens is 548 g/mol. The fourth-order valence-electron chi connectivity index (χ4n) is 4.44. The van der Waals surface area contributed by atoms with Gasteiger partial charge in [-0.25, -0.2) is 0 Å². The number of azide groups is 1. The van der Waals surface area contributed by atoms with Gasteiger partial charge in [0.15, 0.2) is 0 Å². The maximum Gasteiger partial charge on any atom is 0.317 e. The van der Waals surface area contributed by atoms with Crippen LogP contribution in [0.5, 0.6) is 0 Å². The highest BCUT2D eigenvalue weighted by atomic mass is 16.5. The fraction of sp³-hybridized carbons (Fsp3) is 0.679. The highest BCUT2D eigenvalue weighted by Crippen LogP contribution is 2.11. The lowest BCUT2D eigenvalue weighted by molar-refractivity contribution is -0.140. The summed E-state index contributed by atoms with van der Waals surface area (Å²) in [5.74, 6) is -1.64. The molecule has 2 rings (SSSR count). The van der Waals surface area contributed by atoms with Crippen LogP contribution in [0.2, 0.25) is 0 Å². The van der Waals surface area contributed by atoms with Gasteiger partial charge >= 0.3 is 11.9 Å². The van der Waals surface area contributed by atoms with Gasteiger partial charge in [0.1, 0.15) is 5.78 Å². The molecule has 0 bridgehead atoms. The lowest BCUT2D eigenvalue weighted by Crippen LogP contribution is -2.40. The van der Waals surface area contributed by atoms with E-state index in [0.29, 0.717) is 111 Å². The SMILES string of the molecule is [N-]=[N+]=NCCOCCOCCOCCCC(=O)Cc1ccc(CN2CCN(CC(=O)O)CCN(CC(=O)O)CC2)cc1. The maximum atomic E-state index is 12.4. The average Bonchev–Trinajstić information content (AvgIpc) is 3.03. The second-order valence-corrected chi connectivity index (χ2v) is 10.0. The summed E-state index contributed by atoms with van der Waals surface area (Å²) >= 11 is 0. The number of aliphatic carboxylic acids is 2. The first kappa shape index (κ1) is 35.1. The van der Waals surface area contributed by atoms with Gasteiger partial charge in [-0.2, -0.15) is 0 Å². The van der Waals surface area contributed by atoms with Gasteiger partial charge < -0.3 is 24.4 Å². The Morgan fingerprint density at radius 2 is 1.21 bits per heavy atom. The first-order chi connectivity index (χ1) is 20.4. The molecule has 42 heavy (non-hydrogen) atoms. The Morgan fingerprint density at radius 1 is 0.738 bits per heavy atom. The molecule has 1 aromatic rings. The van der Waals surface area contributed by atoms with Gasteiger partial charge in [0, 0.05) is 76.7 Å². The summed E-state index contributed by atoms with van der Waals surface area (Å²) < 4.78 is 16.1. The van der Waals surface area contributed by atoms with E-state index in [1.54, 1.807) is 0 Å². The molecule has 0 aliphatic carbocycles. The van der Waals surface area contributed by atoms with Gasteiger partial charge in [0.25, 0.3) is 0 Å². The van der Waals surface area contributed by atoms with E-state index in [1.807, 2.05) is 34.1 Å². The summed E-state index contributed by atoms with van der Waals surface area (Å²) in [5.41, 5.74) is 10.2. The van der Waals surface area contributed by atoms with E-state index in [1.165, 1.54) is 0 Å². The minimum atomic E-state index is -0.896. The molecule has 0 saturated carbocycles. The van der Waals surface area contributed by atoms with Gasteiger partial charge in [-0.3, -0.25) is 29.1 Å². The third-order valence-corrected chi connectivity index (χ3v) is 6.63. The number of benzene rings is 1. The number of hydrogen-bond acceptors (Lipinski definition) is 10. The summed E-state index contributed by atoms with van der Waals surface area (Å²) in [5, 5.41) is 21.8. The molecule has 0 spiro atoms. The van der Waals surface area contributed by atoms with E-state index >= 15 is 0 Å². The van der Waals surface area contributed by atoms with Crippen molar-refractivity contribution in [3.8, 4) is 0 Å². The van der Waals surface area contributed by atoms with Crippen LogP contribution in [0.1, 0.15) is 24.0 Å². The van der Waals surface area contributed by atoms with Crippen LogP contribution in [0, 0.1) is 0 Å². The quantitative estimate of drug-likeness (QED) is 0.0915. The summed E-state index contributed by atoms with van der Waals surface area (Å²) in [4.78, 5) is 43.5. The van der Waals surface area contributed by atoms with Crippen LogP contribution in [0.3, 0.4) is 0 Å². The van der Waals surface area contributed by atoms with E-state index < -0.39 is 11.9 Å². The Balaban J connectivity index is 1.66. The van der Waals surface area contributed by atoms with E-state index in [0.717, 1.165) is 11.1 Å². The zero-order valence-corrected chi connectivity index (χ0v) is 24.3. The van der Waals surface area contributed by atoms with Crippen molar-refractivity contribution in [2.24, 2.45) is 5.11 Å². The minimum Gasteiger partial charge on any atom is -0.480 e. The van der Waals surface area contributed by atoms with Crippen LogP contribution in [0.25, 0.3) is 10.4 Å². The molecule has 1 aromatic carbocycles. The highest BCUT2D eigenvalue weighted by Gasteiger charge is 2.19. The third kappa shape index (κ3) is 17.0. The lowest BCUT2D eigenvalue weighted by atomic mass is 10.0. The van der Waals surface area contributed by atoms with Crippen molar-refractivity contribution in [2.75, 3.05) is 98.5 Å². The van der Waals surface area contributed by atoms with Crippen molar-refractivity contribution in [1.29, 1.82) is 0 Å². The van der Waals surface area contributed by atoms with E-state index in [-0.39, 0.29) is 18.9 Å². The first-order valence-electron chi connectivity index (χ1n) is 14.3. The largest absolute Gasteiger partial charge is 0.480 e. The van der Waals surface area contributed by atoms with Crippen LogP contribution < -0.4 is 0 Å². The first-order valence-corrected chi connectivity index (χ1v) is 14.3. The fourth-order valence-corrected chi connectivity index (χ4v) is 4.44. The number of hydrogen-bond donors (Lipinski definition) is 2. The van der Waals surface area contributed by atoms with Crippen molar-refractivity contribution in [3.63, 3.8) is 0 Å². The summed E-state index contributed by atoms with van der Waals surface area (Å²) in [6.45, 7) is 6.97. The van der Waals surface area contributed by atoms with Crippen LogP contribution in [0.15, 0.2) is 29.4 Å². The Labute approximate surface area is 246 Å². The molecule has 1 heterocycles. The topological polar surface area (TPSA) is 178 Å². The number of nitrogens with zero attached hydrogens (tertiary/aromatic N) is 6. The normalized spacial score (nSPS) is 15.3. The van der Waals surface area contributed by atoms with E-state index in [9.17, 15) is 24.6 Å².